The van der Waals surface area contributed by atoms with Crippen LogP contribution in [0.1, 0.15) is 206 Å². The van der Waals surface area contributed by atoms with Crippen LogP contribution in [-0.4, -0.2) is 103 Å². The lowest BCUT2D eigenvalue weighted by molar-refractivity contribution is -0.180. The number of hydrogen-bond acceptors (Lipinski definition) is 17. The minimum atomic E-state index is -0.483. The molecule has 0 radical (unpaired) electrons. The predicted octanol–water partition coefficient (Wildman–Crippen LogP) is 9.63. The van der Waals surface area contributed by atoms with Crippen molar-refractivity contribution in [3.63, 3.8) is 0 Å². The summed E-state index contributed by atoms with van der Waals surface area (Å²) in [5, 5.41) is 0. The maximum atomic E-state index is 12.3. The summed E-state index contributed by atoms with van der Waals surface area (Å²) < 4.78 is 49.1. The van der Waals surface area contributed by atoms with Crippen LogP contribution in [0.3, 0.4) is 0 Å². The third-order valence-electron chi connectivity index (χ3n) is 18.7. The number of carbonyl (C=O) groups excluding carboxylic acids is 8. The molecule has 17 heteroatoms. The fourth-order valence-electron chi connectivity index (χ4n) is 11.4. The molecule has 5 saturated carbocycles. The van der Waals surface area contributed by atoms with Crippen LogP contribution >= 0.6 is 0 Å². The van der Waals surface area contributed by atoms with Crippen LogP contribution in [0.5, 0.6) is 0 Å². The summed E-state index contributed by atoms with van der Waals surface area (Å²) in [5.74, 6) is -0.188. The highest BCUT2D eigenvalue weighted by Gasteiger charge is 2.62. The second kappa shape index (κ2) is 24.2. The summed E-state index contributed by atoms with van der Waals surface area (Å²) in [6.07, 6.45) is 13.3. The first-order chi connectivity index (χ1) is 35.1. The van der Waals surface area contributed by atoms with Crippen molar-refractivity contribution < 1.29 is 81.0 Å². The number of fused-ring (bicyclic) bond motifs is 5. The van der Waals surface area contributed by atoms with E-state index in [2.05, 4.69) is 0 Å². The summed E-state index contributed by atoms with van der Waals surface area (Å²) in [6.45, 7) is 24.8. The molecule has 0 aromatic heterocycles. The molecule has 9 rings (SSSR count). The monoisotopic (exact) mass is 1060 g/mol. The van der Waals surface area contributed by atoms with Gasteiger partial charge in [0, 0.05) is 31.1 Å². The van der Waals surface area contributed by atoms with Crippen LogP contribution in [0.2, 0.25) is 0 Å². The Labute approximate surface area is 445 Å². The molecule has 6 bridgehead atoms. The van der Waals surface area contributed by atoms with Gasteiger partial charge in [-0.05, 0) is 158 Å². The fraction of sp³-hybridized carbons (Fsp3) is 0.862. The van der Waals surface area contributed by atoms with Crippen molar-refractivity contribution in [1.29, 1.82) is 0 Å². The number of rotatable bonds is 15. The number of cyclic esters (lactones) is 1. The third-order valence-corrected chi connectivity index (χ3v) is 18.7. The quantitative estimate of drug-likeness (QED) is 0.0846. The Kier molecular flexibility index (Phi) is 19.3. The van der Waals surface area contributed by atoms with Crippen molar-refractivity contribution in [2.75, 3.05) is 6.79 Å². The zero-order valence-corrected chi connectivity index (χ0v) is 47.4. The van der Waals surface area contributed by atoms with Crippen LogP contribution in [0.15, 0.2) is 0 Å². The van der Waals surface area contributed by atoms with Gasteiger partial charge in [-0.2, -0.15) is 0 Å². The number of hydrogen-bond donors (Lipinski definition) is 0. The Morgan fingerprint density at radius 3 is 1.69 bits per heavy atom. The maximum Gasteiger partial charge on any atom is 0.313 e. The highest BCUT2D eigenvalue weighted by atomic mass is 16.7. The van der Waals surface area contributed by atoms with Crippen molar-refractivity contribution in [3.8, 4) is 0 Å². The molecular weight excluding hydrogens is 969 g/mol. The Bertz CT molecular complexity index is 2090. The molecule has 9 fully saturated rings. The van der Waals surface area contributed by atoms with E-state index in [9.17, 15) is 38.4 Å². The molecule has 0 aromatic rings. The molecule has 4 heterocycles. The molecule has 14 atom stereocenters. The molecule has 0 spiro atoms. The normalized spacial score (nSPS) is 34.2. The van der Waals surface area contributed by atoms with Gasteiger partial charge in [0.2, 0.25) is 0 Å². The molecule has 4 aliphatic heterocycles. The Morgan fingerprint density at radius 1 is 0.560 bits per heavy atom. The van der Waals surface area contributed by atoms with Crippen LogP contribution < -0.4 is 0 Å². The van der Waals surface area contributed by atoms with E-state index in [0.29, 0.717) is 31.1 Å². The van der Waals surface area contributed by atoms with E-state index in [4.69, 9.17) is 42.6 Å². The molecule has 9 aliphatic rings. The van der Waals surface area contributed by atoms with Gasteiger partial charge in [-0.1, -0.05) is 34.1 Å². The standard InChI is InChI=1S/C16H26O4.C15H22O5.C14H22O4.C13H20O4/c1-4-16(2,3)15(18)20-12-8-6-5-7-11(12)13-9-10-14(17)19-13;1-4-15(2,3)14(17)19-7-18-11-8-5-9-10(6-8)13(16)20-12(9)11;1-5-13(2,3)11(15)17-9-6-7-14(4)8-10(9)18-12(14)16;1-4-13(2,3)12(15)17-9-6-5-8-7-10(9)16-11(8)14/h11-13H,4-10H2,1-3H3;8-12H,4-7H2,1-3H3;9-10H,5-8H2,1-4H3;8-10H,4-7H2,1-3H3. The zero-order chi connectivity index (χ0) is 55.4. The van der Waals surface area contributed by atoms with Gasteiger partial charge in [0.15, 0.2) is 6.79 Å². The molecule has 4 saturated heterocycles. The first-order valence-corrected chi connectivity index (χ1v) is 28.3. The SMILES string of the molecule is CCC(C)(C)C(=O)OC1CCC2(C)CC1OC2=O.CCC(C)(C)C(=O)OC1CCC2CC1OC2=O.CCC(C)(C)C(=O)OC1CCCCC1C1CCC(=O)O1.CCC(C)(C)C(=O)OCOC1C2CC3C(=O)OC1C3C2. The van der Waals surface area contributed by atoms with Crippen LogP contribution in [0.25, 0.3) is 0 Å². The van der Waals surface area contributed by atoms with E-state index in [1.165, 1.54) is 0 Å². The topological polar surface area (TPSA) is 220 Å². The molecule has 424 valence electrons. The van der Waals surface area contributed by atoms with E-state index in [-0.39, 0.29) is 127 Å². The van der Waals surface area contributed by atoms with Crippen LogP contribution in [-0.2, 0) is 81.0 Å². The predicted molar refractivity (Wildman–Crippen MR) is 271 cm³/mol. The second-order valence-electron chi connectivity index (χ2n) is 25.6. The van der Waals surface area contributed by atoms with Crippen molar-refractivity contribution in [2.45, 2.75) is 254 Å². The highest BCUT2D eigenvalue weighted by molar-refractivity contribution is 5.80. The van der Waals surface area contributed by atoms with Gasteiger partial charge in [0.25, 0.3) is 0 Å². The van der Waals surface area contributed by atoms with Gasteiger partial charge < -0.3 is 42.6 Å². The minimum absolute atomic E-state index is 0.0362. The van der Waals surface area contributed by atoms with Gasteiger partial charge in [0.05, 0.1) is 38.9 Å². The number of esters is 8. The van der Waals surface area contributed by atoms with Crippen molar-refractivity contribution >= 4 is 47.8 Å². The molecule has 75 heavy (non-hydrogen) atoms. The molecule has 14 unspecified atom stereocenters. The van der Waals surface area contributed by atoms with Gasteiger partial charge in [-0.15, -0.1) is 0 Å². The van der Waals surface area contributed by atoms with E-state index >= 15 is 0 Å². The average molecular weight is 1060 g/mol. The molecule has 0 N–H and O–H groups in total. The Balaban J connectivity index is 0.000000163. The Hall–Kier alpha value is -4.28. The largest absolute Gasteiger partial charge is 0.462 e. The van der Waals surface area contributed by atoms with Crippen LogP contribution in [0.4, 0.5) is 0 Å². The molecular formula is C58H90O17. The van der Waals surface area contributed by atoms with E-state index in [1.54, 1.807) is 0 Å². The highest BCUT2D eigenvalue weighted by Crippen LogP contribution is 2.55. The first-order valence-electron chi connectivity index (χ1n) is 28.3. The summed E-state index contributed by atoms with van der Waals surface area (Å²) in [4.78, 5) is 94.1. The van der Waals surface area contributed by atoms with Gasteiger partial charge in [-0.25, -0.2) is 0 Å². The average Bonchev–Trinajstić information content (AvgIpc) is 4.22. The van der Waals surface area contributed by atoms with Gasteiger partial charge in [-0.3, -0.25) is 38.4 Å². The Morgan fingerprint density at radius 2 is 1.12 bits per heavy atom. The fourth-order valence-corrected chi connectivity index (χ4v) is 11.4. The second-order valence-corrected chi connectivity index (χ2v) is 25.6. The summed E-state index contributed by atoms with van der Waals surface area (Å²) in [7, 11) is 0. The zero-order valence-electron chi connectivity index (χ0n) is 47.4. The van der Waals surface area contributed by atoms with Crippen molar-refractivity contribution in [1.82, 2.24) is 0 Å². The molecule has 0 aromatic carbocycles. The number of ether oxygens (including phenoxy) is 9. The molecule has 0 amide bonds. The van der Waals surface area contributed by atoms with Crippen molar-refractivity contribution in [3.05, 3.63) is 0 Å². The molecule has 5 aliphatic carbocycles. The van der Waals surface area contributed by atoms with Gasteiger partial charge in [0.1, 0.15) is 48.8 Å². The lowest BCUT2D eigenvalue weighted by atomic mass is 9.76. The lowest BCUT2D eigenvalue weighted by Crippen LogP contribution is -2.40. The van der Waals surface area contributed by atoms with Crippen LogP contribution in [0, 0.1) is 56.7 Å². The maximum absolute atomic E-state index is 12.3. The molecule has 17 nitrogen and oxygen atoms in total. The third kappa shape index (κ3) is 13.9. The van der Waals surface area contributed by atoms with E-state index in [0.717, 1.165) is 96.3 Å². The van der Waals surface area contributed by atoms with E-state index in [1.807, 2.05) is 90.0 Å². The summed E-state index contributed by atoms with van der Waals surface area (Å²) in [5.41, 5.74) is -2.20. The number of carbonyl (C=O) groups is 8. The smallest absolute Gasteiger partial charge is 0.313 e. The van der Waals surface area contributed by atoms with Crippen molar-refractivity contribution in [2.24, 2.45) is 56.7 Å². The van der Waals surface area contributed by atoms with Gasteiger partial charge >= 0.3 is 47.8 Å². The summed E-state index contributed by atoms with van der Waals surface area (Å²) >= 11 is 0. The lowest BCUT2D eigenvalue weighted by Gasteiger charge is -2.35. The minimum Gasteiger partial charge on any atom is -0.462 e. The first kappa shape index (κ1) is 60.0. The van der Waals surface area contributed by atoms with E-state index < -0.39 is 21.7 Å². The summed E-state index contributed by atoms with van der Waals surface area (Å²) in [6, 6.07) is 0.